The van der Waals surface area contributed by atoms with E-state index in [1.165, 1.54) is 6.26 Å². The van der Waals surface area contributed by atoms with Crippen molar-refractivity contribution < 1.29 is 8.42 Å². The third-order valence-electron chi connectivity index (χ3n) is 3.76. The number of halogens is 1. The highest BCUT2D eigenvalue weighted by Crippen LogP contribution is 2.23. The first-order valence-electron chi connectivity index (χ1n) is 7.15. The number of nitrogens with zero attached hydrogens (tertiary/aromatic N) is 1. The number of likely N-dealkylation sites (N-methyl/N-ethyl adjacent to an activating group) is 1. The Morgan fingerprint density at radius 2 is 2.05 bits per heavy atom. The van der Waals surface area contributed by atoms with Crippen molar-refractivity contribution in [2.45, 2.75) is 37.8 Å². The molecule has 0 aliphatic heterocycles. The molecule has 0 aliphatic carbocycles. The number of rotatable bonds is 8. The van der Waals surface area contributed by atoms with Gasteiger partial charge in [0.2, 0.25) is 0 Å². The van der Waals surface area contributed by atoms with Crippen LogP contribution in [-0.4, -0.2) is 45.8 Å². The van der Waals surface area contributed by atoms with Crippen molar-refractivity contribution in [2.75, 3.05) is 26.4 Å². The molecule has 1 aromatic rings. The maximum absolute atomic E-state index is 11.8. The van der Waals surface area contributed by atoms with Crippen LogP contribution in [0.25, 0.3) is 0 Å². The van der Waals surface area contributed by atoms with Crippen LogP contribution in [0.5, 0.6) is 0 Å². The summed E-state index contributed by atoms with van der Waals surface area (Å²) in [6.45, 7) is 6.51. The van der Waals surface area contributed by atoms with E-state index in [4.69, 9.17) is 11.6 Å². The van der Waals surface area contributed by atoms with Gasteiger partial charge in [0.15, 0.2) is 9.84 Å². The van der Waals surface area contributed by atoms with Crippen molar-refractivity contribution in [3.05, 3.63) is 28.8 Å². The van der Waals surface area contributed by atoms with Gasteiger partial charge in [-0.15, -0.1) is 0 Å². The van der Waals surface area contributed by atoms with Gasteiger partial charge in [-0.05, 0) is 32.5 Å². The van der Waals surface area contributed by atoms with Gasteiger partial charge in [-0.1, -0.05) is 24.6 Å². The molecule has 1 aromatic carbocycles. The second-order valence-corrected chi connectivity index (χ2v) is 7.79. The number of sulfone groups is 1. The first kappa shape index (κ1) is 18.4. The molecule has 0 saturated heterocycles. The van der Waals surface area contributed by atoms with Gasteiger partial charge in [0.05, 0.1) is 4.90 Å². The molecular formula is C15H25ClN2O2S. The molecule has 0 amide bonds. The highest BCUT2D eigenvalue weighted by Gasteiger charge is 2.15. The average molecular weight is 333 g/mol. The molecule has 1 rings (SSSR count). The summed E-state index contributed by atoms with van der Waals surface area (Å²) in [5, 5.41) is 3.76. The molecule has 0 fully saturated rings. The van der Waals surface area contributed by atoms with Crippen molar-refractivity contribution in [3.8, 4) is 0 Å². The van der Waals surface area contributed by atoms with E-state index in [2.05, 4.69) is 31.1 Å². The second kappa shape index (κ2) is 8.13. The molecule has 0 aromatic heterocycles. The third kappa shape index (κ3) is 5.58. The van der Waals surface area contributed by atoms with E-state index in [0.717, 1.165) is 19.5 Å². The van der Waals surface area contributed by atoms with Gasteiger partial charge in [0.1, 0.15) is 0 Å². The Hall–Kier alpha value is -0.620. The number of hydrogen-bond donors (Lipinski definition) is 1. The fraction of sp³-hybridized carbons (Fsp3) is 0.600. The topological polar surface area (TPSA) is 49.4 Å². The standard InChI is InChI=1S/C15H25ClN2O2S/c1-5-12(2)18(3)10-9-17-11-13-14(16)7-6-8-15(13)21(4,19)20/h6-8,12,17H,5,9-11H2,1-4H3. The summed E-state index contributed by atoms with van der Waals surface area (Å²) in [6, 6.07) is 5.53. The Labute approximate surface area is 133 Å². The van der Waals surface area contributed by atoms with Gasteiger partial charge < -0.3 is 10.2 Å². The summed E-state index contributed by atoms with van der Waals surface area (Å²) in [5.74, 6) is 0. The van der Waals surface area contributed by atoms with Crippen LogP contribution in [0.3, 0.4) is 0 Å². The van der Waals surface area contributed by atoms with Crippen LogP contribution in [-0.2, 0) is 16.4 Å². The Balaban J connectivity index is 2.65. The molecule has 1 atom stereocenters. The van der Waals surface area contributed by atoms with E-state index in [1.807, 2.05) is 0 Å². The first-order chi connectivity index (χ1) is 9.77. The first-order valence-corrected chi connectivity index (χ1v) is 9.42. The van der Waals surface area contributed by atoms with Gasteiger partial charge in [-0.2, -0.15) is 0 Å². The molecule has 0 spiro atoms. The number of benzene rings is 1. The Morgan fingerprint density at radius 1 is 1.38 bits per heavy atom. The maximum Gasteiger partial charge on any atom is 0.175 e. The smallest absolute Gasteiger partial charge is 0.175 e. The van der Waals surface area contributed by atoms with E-state index < -0.39 is 9.84 Å². The minimum Gasteiger partial charge on any atom is -0.311 e. The quantitative estimate of drug-likeness (QED) is 0.743. The van der Waals surface area contributed by atoms with Crippen LogP contribution in [0.4, 0.5) is 0 Å². The van der Waals surface area contributed by atoms with Crippen LogP contribution in [0.2, 0.25) is 5.02 Å². The van der Waals surface area contributed by atoms with Crippen molar-refractivity contribution in [2.24, 2.45) is 0 Å². The normalized spacial score (nSPS) is 13.6. The fourth-order valence-corrected chi connectivity index (χ4v) is 3.31. The second-order valence-electron chi connectivity index (χ2n) is 5.40. The zero-order valence-electron chi connectivity index (χ0n) is 13.2. The number of nitrogens with one attached hydrogen (secondary N) is 1. The van der Waals surface area contributed by atoms with Crippen molar-refractivity contribution >= 4 is 21.4 Å². The van der Waals surface area contributed by atoms with Gasteiger partial charge in [-0.3, -0.25) is 0 Å². The van der Waals surface area contributed by atoms with E-state index in [-0.39, 0.29) is 0 Å². The minimum absolute atomic E-state index is 0.304. The summed E-state index contributed by atoms with van der Waals surface area (Å²) >= 11 is 6.13. The van der Waals surface area contributed by atoms with Crippen molar-refractivity contribution in [1.82, 2.24) is 10.2 Å². The van der Waals surface area contributed by atoms with E-state index in [9.17, 15) is 8.42 Å². The molecule has 0 bridgehead atoms. The lowest BCUT2D eigenvalue weighted by Gasteiger charge is -2.23. The zero-order valence-corrected chi connectivity index (χ0v) is 14.8. The van der Waals surface area contributed by atoms with Gasteiger partial charge in [0, 0.05) is 42.5 Å². The lowest BCUT2D eigenvalue weighted by molar-refractivity contribution is 0.251. The molecule has 6 heteroatoms. The monoisotopic (exact) mass is 332 g/mol. The summed E-state index contributed by atoms with van der Waals surface area (Å²) < 4.78 is 23.6. The molecule has 0 heterocycles. The predicted molar refractivity (Wildman–Crippen MR) is 88.7 cm³/mol. The minimum atomic E-state index is -3.26. The summed E-state index contributed by atoms with van der Waals surface area (Å²) in [7, 11) is -1.17. The summed E-state index contributed by atoms with van der Waals surface area (Å²) in [6.07, 6.45) is 2.32. The van der Waals surface area contributed by atoms with Crippen LogP contribution in [0, 0.1) is 0 Å². The maximum atomic E-state index is 11.8. The highest BCUT2D eigenvalue weighted by molar-refractivity contribution is 7.90. The summed E-state index contributed by atoms with van der Waals surface area (Å²) in [4.78, 5) is 2.58. The van der Waals surface area contributed by atoms with E-state index in [1.54, 1.807) is 18.2 Å². The molecule has 120 valence electrons. The molecule has 0 aliphatic rings. The molecule has 21 heavy (non-hydrogen) atoms. The molecule has 1 N–H and O–H groups in total. The van der Waals surface area contributed by atoms with Crippen LogP contribution >= 0.6 is 11.6 Å². The molecule has 1 unspecified atom stereocenters. The lowest BCUT2D eigenvalue weighted by atomic mass is 10.2. The van der Waals surface area contributed by atoms with Crippen LogP contribution in [0.1, 0.15) is 25.8 Å². The predicted octanol–water partition coefficient (Wildman–Crippen LogP) is 2.56. The average Bonchev–Trinajstić information content (AvgIpc) is 2.42. The van der Waals surface area contributed by atoms with E-state index in [0.29, 0.717) is 28.1 Å². The molecule has 0 saturated carbocycles. The fourth-order valence-electron chi connectivity index (χ4n) is 2.06. The van der Waals surface area contributed by atoms with Gasteiger partial charge >= 0.3 is 0 Å². The van der Waals surface area contributed by atoms with Gasteiger partial charge in [0.25, 0.3) is 0 Å². The zero-order chi connectivity index (χ0) is 16.0. The number of hydrogen-bond acceptors (Lipinski definition) is 4. The van der Waals surface area contributed by atoms with Gasteiger partial charge in [-0.25, -0.2) is 8.42 Å². The molecular weight excluding hydrogens is 308 g/mol. The molecule has 4 nitrogen and oxygen atoms in total. The molecule has 0 radical (unpaired) electrons. The lowest BCUT2D eigenvalue weighted by Crippen LogP contribution is -2.35. The summed E-state index contributed by atoms with van der Waals surface area (Å²) in [5.41, 5.74) is 0.646. The third-order valence-corrected chi connectivity index (χ3v) is 5.30. The Kier molecular flexibility index (Phi) is 7.13. The highest BCUT2D eigenvalue weighted by atomic mass is 35.5. The van der Waals surface area contributed by atoms with Crippen LogP contribution in [0.15, 0.2) is 23.1 Å². The Morgan fingerprint density at radius 3 is 2.62 bits per heavy atom. The van der Waals surface area contributed by atoms with Crippen molar-refractivity contribution in [3.63, 3.8) is 0 Å². The van der Waals surface area contributed by atoms with E-state index >= 15 is 0 Å². The Bertz CT molecular complexity index is 561. The SMILES string of the molecule is CCC(C)N(C)CCNCc1c(Cl)cccc1S(C)(=O)=O. The largest absolute Gasteiger partial charge is 0.311 e. The van der Waals surface area contributed by atoms with Crippen molar-refractivity contribution in [1.29, 1.82) is 0 Å². The van der Waals surface area contributed by atoms with Crippen LogP contribution < -0.4 is 5.32 Å².